The molecular weight excluding hydrogens is 186 g/mol. The SMILES string of the molecule is CC1OC(Cl)=NC1c1ccccc1. The fourth-order valence-electron chi connectivity index (χ4n) is 1.46. The molecule has 3 heteroatoms. The van der Waals surface area contributed by atoms with Crippen LogP contribution in [-0.4, -0.2) is 11.5 Å². The minimum absolute atomic E-state index is 0.0369. The largest absolute Gasteiger partial charge is 0.464 e. The van der Waals surface area contributed by atoms with Crippen molar-refractivity contribution in [2.75, 3.05) is 0 Å². The van der Waals surface area contributed by atoms with Crippen LogP contribution in [0.1, 0.15) is 18.5 Å². The third-order valence-electron chi connectivity index (χ3n) is 2.11. The van der Waals surface area contributed by atoms with Crippen LogP contribution in [0, 0.1) is 0 Å². The van der Waals surface area contributed by atoms with Crippen molar-refractivity contribution in [3.8, 4) is 0 Å². The topological polar surface area (TPSA) is 21.6 Å². The Labute approximate surface area is 82.2 Å². The molecule has 1 aliphatic heterocycles. The van der Waals surface area contributed by atoms with E-state index in [4.69, 9.17) is 16.3 Å². The maximum Gasteiger partial charge on any atom is 0.283 e. The minimum Gasteiger partial charge on any atom is -0.464 e. The summed E-state index contributed by atoms with van der Waals surface area (Å²) in [6.45, 7) is 1.97. The third kappa shape index (κ3) is 1.68. The number of hydrogen-bond acceptors (Lipinski definition) is 2. The zero-order valence-corrected chi connectivity index (χ0v) is 8.03. The molecule has 2 rings (SSSR count). The van der Waals surface area contributed by atoms with Gasteiger partial charge in [-0.05, 0) is 24.1 Å². The van der Waals surface area contributed by atoms with Crippen LogP contribution in [0.2, 0.25) is 0 Å². The molecule has 2 nitrogen and oxygen atoms in total. The number of hydrogen-bond donors (Lipinski definition) is 0. The van der Waals surface area contributed by atoms with Crippen LogP contribution in [0.25, 0.3) is 0 Å². The number of halogens is 1. The van der Waals surface area contributed by atoms with Gasteiger partial charge in [0.05, 0.1) is 0 Å². The average molecular weight is 196 g/mol. The summed E-state index contributed by atoms with van der Waals surface area (Å²) in [7, 11) is 0. The quantitative estimate of drug-likeness (QED) is 0.675. The molecule has 2 unspecified atom stereocenters. The van der Waals surface area contributed by atoms with Gasteiger partial charge in [-0.3, -0.25) is 0 Å². The molecule has 2 atom stereocenters. The molecule has 1 aromatic rings. The fourth-order valence-corrected chi connectivity index (χ4v) is 1.70. The van der Waals surface area contributed by atoms with E-state index >= 15 is 0 Å². The van der Waals surface area contributed by atoms with Gasteiger partial charge in [-0.1, -0.05) is 30.3 Å². The van der Waals surface area contributed by atoms with E-state index in [0.29, 0.717) is 0 Å². The molecule has 0 aliphatic carbocycles. The van der Waals surface area contributed by atoms with Crippen LogP contribution in [0.15, 0.2) is 35.3 Å². The molecule has 0 saturated carbocycles. The summed E-state index contributed by atoms with van der Waals surface area (Å²) in [6.07, 6.45) is 0.0369. The van der Waals surface area contributed by atoms with Gasteiger partial charge < -0.3 is 4.74 Å². The summed E-state index contributed by atoms with van der Waals surface area (Å²) in [6, 6.07) is 10.1. The molecule has 1 aliphatic rings. The number of aliphatic imine (C=N–C) groups is 1. The van der Waals surface area contributed by atoms with Crippen molar-refractivity contribution in [2.45, 2.75) is 19.1 Å². The van der Waals surface area contributed by atoms with E-state index in [1.165, 1.54) is 0 Å². The predicted molar refractivity (Wildman–Crippen MR) is 53.0 cm³/mol. The molecule has 0 fully saturated rings. The first-order valence-corrected chi connectivity index (χ1v) is 4.60. The zero-order chi connectivity index (χ0) is 9.26. The van der Waals surface area contributed by atoms with E-state index in [0.717, 1.165) is 5.56 Å². The van der Waals surface area contributed by atoms with Crippen molar-refractivity contribution < 1.29 is 4.74 Å². The van der Waals surface area contributed by atoms with Crippen molar-refractivity contribution in [3.05, 3.63) is 35.9 Å². The molecule has 0 bridgehead atoms. The third-order valence-corrected chi connectivity index (χ3v) is 2.30. The molecule has 0 aromatic heterocycles. The van der Waals surface area contributed by atoms with Crippen molar-refractivity contribution in [1.82, 2.24) is 0 Å². The highest BCUT2D eigenvalue weighted by Crippen LogP contribution is 2.29. The second-order valence-corrected chi connectivity index (χ2v) is 3.38. The van der Waals surface area contributed by atoms with Gasteiger partial charge in [0, 0.05) is 0 Å². The van der Waals surface area contributed by atoms with E-state index in [9.17, 15) is 0 Å². The van der Waals surface area contributed by atoms with Gasteiger partial charge in [0.15, 0.2) is 0 Å². The Bertz CT molecular complexity index is 323. The highest BCUT2D eigenvalue weighted by Gasteiger charge is 2.27. The van der Waals surface area contributed by atoms with Gasteiger partial charge in [-0.25, -0.2) is 4.99 Å². The monoisotopic (exact) mass is 195 g/mol. The highest BCUT2D eigenvalue weighted by atomic mass is 35.5. The predicted octanol–water partition coefficient (Wildman–Crippen LogP) is 2.74. The summed E-state index contributed by atoms with van der Waals surface area (Å²) in [4.78, 5) is 4.20. The molecule has 1 heterocycles. The molecule has 0 spiro atoms. The molecule has 13 heavy (non-hydrogen) atoms. The van der Waals surface area contributed by atoms with Gasteiger partial charge in [0.2, 0.25) is 0 Å². The van der Waals surface area contributed by atoms with E-state index in [1.807, 2.05) is 37.3 Å². The van der Waals surface area contributed by atoms with Gasteiger partial charge >= 0.3 is 0 Å². The van der Waals surface area contributed by atoms with E-state index in [1.54, 1.807) is 0 Å². The Hall–Kier alpha value is -1.02. The summed E-state index contributed by atoms with van der Waals surface area (Å²) in [5.74, 6) is 0. The van der Waals surface area contributed by atoms with Gasteiger partial charge in [0.25, 0.3) is 5.36 Å². The summed E-state index contributed by atoms with van der Waals surface area (Å²) < 4.78 is 5.24. The second kappa shape index (κ2) is 3.38. The lowest BCUT2D eigenvalue weighted by Crippen LogP contribution is -2.10. The first-order valence-electron chi connectivity index (χ1n) is 4.22. The minimum atomic E-state index is 0.0369. The van der Waals surface area contributed by atoms with Gasteiger partial charge in [0.1, 0.15) is 12.1 Å². The van der Waals surface area contributed by atoms with Crippen molar-refractivity contribution in [1.29, 1.82) is 0 Å². The molecule has 0 N–H and O–H groups in total. The summed E-state index contributed by atoms with van der Waals surface area (Å²) in [5.41, 5.74) is 1.14. The number of ether oxygens (including phenoxy) is 1. The first-order chi connectivity index (χ1) is 6.27. The first kappa shape index (κ1) is 8.57. The number of benzene rings is 1. The Morgan fingerprint density at radius 2 is 2.00 bits per heavy atom. The van der Waals surface area contributed by atoms with Crippen LogP contribution >= 0.6 is 11.6 Å². The van der Waals surface area contributed by atoms with Crippen LogP contribution in [0.5, 0.6) is 0 Å². The second-order valence-electron chi connectivity index (χ2n) is 3.06. The van der Waals surface area contributed by atoms with Crippen molar-refractivity contribution in [3.63, 3.8) is 0 Å². The maximum absolute atomic E-state index is 5.68. The van der Waals surface area contributed by atoms with Gasteiger partial charge in [-0.15, -0.1) is 0 Å². The Morgan fingerprint density at radius 3 is 2.54 bits per heavy atom. The van der Waals surface area contributed by atoms with E-state index in [-0.39, 0.29) is 17.5 Å². The average Bonchev–Trinajstić information content (AvgIpc) is 2.47. The number of rotatable bonds is 1. The van der Waals surface area contributed by atoms with Crippen LogP contribution in [0.3, 0.4) is 0 Å². The van der Waals surface area contributed by atoms with Crippen molar-refractivity contribution >= 4 is 17.0 Å². The van der Waals surface area contributed by atoms with Crippen LogP contribution in [0.4, 0.5) is 0 Å². The van der Waals surface area contributed by atoms with E-state index < -0.39 is 0 Å². The van der Waals surface area contributed by atoms with Crippen LogP contribution < -0.4 is 0 Å². The molecule has 0 amide bonds. The van der Waals surface area contributed by atoms with E-state index in [2.05, 4.69) is 4.99 Å². The highest BCUT2D eigenvalue weighted by molar-refractivity contribution is 6.63. The van der Waals surface area contributed by atoms with Gasteiger partial charge in [-0.2, -0.15) is 0 Å². The fraction of sp³-hybridized carbons (Fsp3) is 0.300. The summed E-state index contributed by atoms with van der Waals surface area (Å²) >= 11 is 5.68. The van der Waals surface area contributed by atoms with Crippen molar-refractivity contribution in [2.24, 2.45) is 4.99 Å². The Balaban J connectivity index is 2.27. The standard InChI is InChI=1S/C10H10ClNO/c1-7-9(12-10(11)13-7)8-5-3-2-4-6-8/h2-7,9H,1H3. The zero-order valence-electron chi connectivity index (χ0n) is 7.27. The normalized spacial score (nSPS) is 26.8. The molecule has 1 aromatic carbocycles. The lowest BCUT2D eigenvalue weighted by molar-refractivity contribution is 0.218. The molecular formula is C10H10ClNO. The van der Waals surface area contributed by atoms with Crippen LogP contribution in [-0.2, 0) is 4.74 Å². The lowest BCUT2D eigenvalue weighted by Gasteiger charge is -2.11. The Kier molecular flexibility index (Phi) is 2.23. The lowest BCUT2D eigenvalue weighted by atomic mass is 10.0. The smallest absolute Gasteiger partial charge is 0.283 e. The maximum atomic E-state index is 5.68. The molecule has 0 saturated heterocycles. The summed E-state index contributed by atoms with van der Waals surface area (Å²) in [5, 5.41) is 0.265. The molecule has 0 radical (unpaired) electrons. The number of nitrogens with zero attached hydrogens (tertiary/aromatic N) is 1. The Morgan fingerprint density at radius 1 is 1.31 bits per heavy atom. The molecule has 68 valence electrons.